The molecule has 5 nitrogen and oxygen atoms in total. The van der Waals surface area contributed by atoms with E-state index in [1.165, 1.54) is 18.4 Å². The Morgan fingerprint density at radius 2 is 2.00 bits per heavy atom. The summed E-state index contributed by atoms with van der Waals surface area (Å²) >= 11 is 0. The first kappa shape index (κ1) is 19.9. The minimum absolute atomic E-state index is 0.124. The highest BCUT2D eigenvalue weighted by Gasteiger charge is 2.41. The summed E-state index contributed by atoms with van der Waals surface area (Å²) in [5, 5.41) is 3.26. The number of ether oxygens (including phenoxy) is 1. The van der Waals surface area contributed by atoms with E-state index in [9.17, 15) is 9.59 Å². The zero-order valence-corrected chi connectivity index (χ0v) is 16.5. The maximum atomic E-state index is 13.0. The van der Waals surface area contributed by atoms with E-state index in [4.69, 9.17) is 4.74 Å². The predicted octanol–water partition coefficient (Wildman–Crippen LogP) is 2.93. The molecule has 2 fully saturated rings. The molecule has 1 N–H and O–H groups in total. The van der Waals surface area contributed by atoms with Crippen LogP contribution < -0.4 is 5.32 Å². The second-order valence-corrected chi connectivity index (χ2v) is 7.80. The van der Waals surface area contributed by atoms with Gasteiger partial charge in [-0.2, -0.15) is 0 Å². The van der Waals surface area contributed by atoms with E-state index in [-0.39, 0.29) is 17.9 Å². The number of likely N-dealkylation sites (tertiary alicyclic amines) is 1. The molecule has 0 aromatic heterocycles. The van der Waals surface area contributed by atoms with E-state index in [0.29, 0.717) is 25.0 Å². The zero-order valence-electron chi connectivity index (χ0n) is 16.5. The summed E-state index contributed by atoms with van der Waals surface area (Å²) in [4.78, 5) is 27.5. The quantitative estimate of drug-likeness (QED) is 0.713. The molecule has 1 saturated heterocycles. The third-order valence-electron chi connectivity index (χ3n) is 6.00. The summed E-state index contributed by atoms with van der Waals surface area (Å²) in [5.74, 6) is 0.534. The fourth-order valence-corrected chi connectivity index (χ4v) is 4.60. The van der Waals surface area contributed by atoms with Crippen molar-refractivity contribution in [1.82, 2.24) is 10.2 Å². The second-order valence-electron chi connectivity index (χ2n) is 7.80. The lowest BCUT2D eigenvalue weighted by Gasteiger charge is -2.29. The number of nitrogens with one attached hydrogen (secondary N) is 1. The van der Waals surface area contributed by atoms with E-state index in [1.807, 2.05) is 32.0 Å². The van der Waals surface area contributed by atoms with Crippen LogP contribution in [0.2, 0.25) is 0 Å². The Balaban J connectivity index is 1.60. The average Bonchev–Trinajstić information content (AvgIpc) is 3.29. The van der Waals surface area contributed by atoms with Crippen LogP contribution >= 0.6 is 0 Å². The predicted molar refractivity (Wildman–Crippen MR) is 105 cm³/mol. The summed E-state index contributed by atoms with van der Waals surface area (Å²) < 4.78 is 5.24. The van der Waals surface area contributed by atoms with Crippen molar-refractivity contribution >= 4 is 11.9 Å². The van der Waals surface area contributed by atoms with Crippen LogP contribution in [0.4, 0.5) is 0 Å². The molecule has 1 saturated carbocycles. The monoisotopic (exact) mass is 372 g/mol. The topological polar surface area (TPSA) is 58.6 Å². The lowest BCUT2D eigenvalue weighted by molar-refractivity contribution is -0.146. The fraction of sp³-hybridized carbons (Fsp3) is 0.636. The zero-order chi connectivity index (χ0) is 19.2. The SMILES string of the molecule is CCOC(=O)[C@H](CCc1ccccc1)N[C@@H](C)C(=O)N1CCC2CCCC21. The Morgan fingerprint density at radius 3 is 2.74 bits per heavy atom. The van der Waals surface area contributed by atoms with Crippen molar-refractivity contribution < 1.29 is 14.3 Å². The first-order valence-corrected chi connectivity index (χ1v) is 10.4. The molecule has 0 spiro atoms. The number of rotatable bonds is 8. The van der Waals surface area contributed by atoms with Crippen molar-refractivity contribution in [3.8, 4) is 0 Å². The molecule has 1 heterocycles. The van der Waals surface area contributed by atoms with Crippen LogP contribution in [0, 0.1) is 5.92 Å². The van der Waals surface area contributed by atoms with Gasteiger partial charge in [-0.15, -0.1) is 0 Å². The molecule has 1 aromatic carbocycles. The number of fused-ring (bicyclic) bond motifs is 1. The molecule has 2 aliphatic rings. The summed E-state index contributed by atoms with van der Waals surface area (Å²) in [7, 11) is 0. The van der Waals surface area contributed by atoms with Gasteiger partial charge >= 0.3 is 5.97 Å². The van der Waals surface area contributed by atoms with Crippen LogP contribution in [-0.2, 0) is 20.7 Å². The van der Waals surface area contributed by atoms with Gasteiger partial charge in [0.05, 0.1) is 12.6 Å². The van der Waals surface area contributed by atoms with Crippen molar-refractivity contribution in [3.05, 3.63) is 35.9 Å². The minimum Gasteiger partial charge on any atom is -0.465 e. The number of amides is 1. The Labute approximate surface area is 162 Å². The number of benzene rings is 1. The maximum Gasteiger partial charge on any atom is 0.323 e. The summed E-state index contributed by atoms with van der Waals surface area (Å²) in [6, 6.07) is 9.66. The van der Waals surface area contributed by atoms with Crippen LogP contribution in [0.1, 0.15) is 51.5 Å². The number of esters is 1. The molecule has 1 aliphatic carbocycles. The molecular weight excluding hydrogens is 340 g/mol. The van der Waals surface area contributed by atoms with Crippen LogP contribution in [0.15, 0.2) is 30.3 Å². The summed E-state index contributed by atoms with van der Waals surface area (Å²) in [6.45, 7) is 4.89. The average molecular weight is 373 g/mol. The van der Waals surface area contributed by atoms with Gasteiger partial charge in [0, 0.05) is 12.6 Å². The van der Waals surface area contributed by atoms with Crippen LogP contribution in [0.3, 0.4) is 0 Å². The number of nitrogens with zero attached hydrogens (tertiary/aromatic N) is 1. The normalized spacial score (nSPS) is 23.7. The Bertz CT molecular complexity index is 634. The van der Waals surface area contributed by atoms with Gasteiger partial charge in [0.2, 0.25) is 5.91 Å². The maximum absolute atomic E-state index is 13.0. The van der Waals surface area contributed by atoms with Gasteiger partial charge < -0.3 is 9.64 Å². The third-order valence-corrected chi connectivity index (χ3v) is 6.00. The first-order valence-electron chi connectivity index (χ1n) is 10.4. The number of aryl methyl sites for hydroxylation is 1. The fourth-order valence-electron chi connectivity index (χ4n) is 4.60. The van der Waals surface area contributed by atoms with E-state index in [2.05, 4.69) is 22.3 Å². The largest absolute Gasteiger partial charge is 0.465 e. The van der Waals surface area contributed by atoms with Gasteiger partial charge in [-0.25, -0.2) is 0 Å². The number of hydrogen-bond acceptors (Lipinski definition) is 4. The highest BCUT2D eigenvalue weighted by molar-refractivity contribution is 5.83. The Hall–Kier alpha value is -1.88. The second kappa shape index (κ2) is 9.36. The molecule has 2 unspecified atom stereocenters. The van der Waals surface area contributed by atoms with Crippen molar-refractivity contribution in [3.63, 3.8) is 0 Å². The van der Waals surface area contributed by atoms with Crippen LogP contribution in [0.25, 0.3) is 0 Å². The number of carbonyl (C=O) groups is 2. The Morgan fingerprint density at radius 1 is 1.22 bits per heavy atom. The minimum atomic E-state index is -0.467. The summed E-state index contributed by atoms with van der Waals surface area (Å²) in [5.41, 5.74) is 1.18. The molecule has 3 rings (SSSR count). The molecule has 0 bridgehead atoms. The van der Waals surface area contributed by atoms with Crippen molar-refractivity contribution in [2.45, 2.75) is 70.5 Å². The van der Waals surface area contributed by atoms with Gasteiger partial charge in [-0.05, 0) is 57.4 Å². The van der Waals surface area contributed by atoms with E-state index in [1.54, 1.807) is 0 Å². The smallest absolute Gasteiger partial charge is 0.323 e. The lowest BCUT2D eigenvalue weighted by atomic mass is 10.0. The third kappa shape index (κ3) is 4.89. The highest BCUT2D eigenvalue weighted by Crippen LogP contribution is 2.37. The molecule has 1 aliphatic heterocycles. The van der Waals surface area contributed by atoms with Crippen molar-refractivity contribution in [2.75, 3.05) is 13.2 Å². The lowest BCUT2D eigenvalue weighted by Crippen LogP contribution is -2.52. The van der Waals surface area contributed by atoms with E-state index < -0.39 is 6.04 Å². The number of hydrogen-bond donors (Lipinski definition) is 1. The van der Waals surface area contributed by atoms with Crippen LogP contribution in [-0.4, -0.2) is 48.1 Å². The van der Waals surface area contributed by atoms with Gasteiger partial charge in [-0.3, -0.25) is 14.9 Å². The van der Waals surface area contributed by atoms with Gasteiger partial charge in [0.15, 0.2) is 0 Å². The molecule has 4 atom stereocenters. The van der Waals surface area contributed by atoms with Crippen molar-refractivity contribution in [1.29, 1.82) is 0 Å². The van der Waals surface area contributed by atoms with Crippen LogP contribution in [0.5, 0.6) is 0 Å². The summed E-state index contributed by atoms with van der Waals surface area (Å²) in [6.07, 6.45) is 6.11. The molecule has 27 heavy (non-hydrogen) atoms. The van der Waals surface area contributed by atoms with Gasteiger partial charge in [0.1, 0.15) is 6.04 Å². The molecular formula is C22H32N2O3. The first-order chi connectivity index (χ1) is 13.1. The standard InChI is InChI=1S/C22H32N2O3/c1-3-27-22(26)19(13-12-17-8-5-4-6-9-17)23-16(2)21(25)24-15-14-18-10-7-11-20(18)24/h4-6,8-9,16,18-20,23H,3,7,10-15H2,1-2H3/t16-,18?,19-,20?/m0/s1. The molecule has 148 valence electrons. The molecule has 1 amide bonds. The Kier molecular flexibility index (Phi) is 6.89. The van der Waals surface area contributed by atoms with Crippen molar-refractivity contribution in [2.24, 2.45) is 5.92 Å². The molecule has 0 radical (unpaired) electrons. The number of carbonyl (C=O) groups excluding carboxylic acids is 2. The highest BCUT2D eigenvalue weighted by atomic mass is 16.5. The van der Waals surface area contributed by atoms with Gasteiger partial charge in [0.25, 0.3) is 0 Å². The van der Waals surface area contributed by atoms with E-state index >= 15 is 0 Å². The van der Waals surface area contributed by atoms with Gasteiger partial charge in [-0.1, -0.05) is 36.8 Å². The van der Waals surface area contributed by atoms with E-state index in [0.717, 1.165) is 25.8 Å². The molecule has 5 heteroatoms. The molecule has 1 aromatic rings.